The first kappa shape index (κ1) is 20.2. The molecule has 6 nitrogen and oxygen atoms in total. The van der Waals surface area contributed by atoms with Crippen LogP contribution in [0.2, 0.25) is 0 Å². The van der Waals surface area contributed by atoms with Gasteiger partial charge in [0.1, 0.15) is 0 Å². The second kappa shape index (κ2) is 7.63. The second-order valence-electron chi connectivity index (χ2n) is 9.31. The van der Waals surface area contributed by atoms with Crippen molar-refractivity contribution in [3.63, 3.8) is 0 Å². The average molecular weight is 401 g/mol. The molecule has 0 radical (unpaired) electrons. The van der Waals surface area contributed by atoms with Gasteiger partial charge in [-0.25, -0.2) is 0 Å². The SMILES string of the molecule is CCN(CC)c1ccc(NC(=O)COC(=O)C23CC4CC(CC(O)(C4)C2)C3)cc1. The highest BCUT2D eigenvalue weighted by atomic mass is 16.5. The minimum Gasteiger partial charge on any atom is -0.455 e. The lowest BCUT2D eigenvalue weighted by molar-refractivity contribution is -0.196. The van der Waals surface area contributed by atoms with Crippen LogP contribution < -0.4 is 10.2 Å². The van der Waals surface area contributed by atoms with E-state index in [2.05, 4.69) is 24.1 Å². The molecular weight excluding hydrogens is 368 g/mol. The molecule has 4 fully saturated rings. The van der Waals surface area contributed by atoms with Crippen LogP contribution in [0.1, 0.15) is 52.4 Å². The first-order valence-corrected chi connectivity index (χ1v) is 10.9. The van der Waals surface area contributed by atoms with Crippen LogP contribution in [0.3, 0.4) is 0 Å². The van der Waals surface area contributed by atoms with Crippen LogP contribution in [0.25, 0.3) is 0 Å². The third-order valence-corrected chi connectivity index (χ3v) is 7.08. The molecule has 0 aromatic heterocycles. The monoisotopic (exact) mass is 400 g/mol. The number of ether oxygens (including phenoxy) is 1. The molecule has 0 heterocycles. The zero-order chi connectivity index (χ0) is 20.6. The lowest BCUT2D eigenvalue weighted by atomic mass is 9.48. The first-order valence-electron chi connectivity index (χ1n) is 10.9. The van der Waals surface area contributed by atoms with E-state index in [9.17, 15) is 14.7 Å². The van der Waals surface area contributed by atoms with Crippen LogP contribution in [-0.4, -0.2) is 42.3 Å². The maximum Gasteiger partial charge on any atom is 0.312 e. The fourth-order valence-electron chi connectivity index (χ4n) is 6.28. The molecule has 0 aliphatic heterocycles. The van der Waals surface area contributed by atoms with Gasteiger partial charge in [0.25, 0.3) is 5.91 Å². The Balaban J connectivity index is 1.31. The fraction of sp³-hybridized carbons (Fsp3) is 0.652. The number of rotatable bonds is 7. The van der Waals surface area contributed by atoms with Crippen LogP contribution in [0, 0.1) is 17.3 Å². The number of benzene rings is 1. The van der Waals surface area contributed by atoms with E-state index in [4.69, 9.17) is 4.74 Å². The Morgan fingerprint density at radius 2 is 1.72 bits per heavy atom. The number of carbonyl (C=O) groups excluding carboxylic acids is 2. The number of nitrogens with zero attached hydrogens (tertiary/aromatic N) is 1. The number of carbonyl (C=O) groups is 2. The highest BCUT2D eigenvalue weighted by molar-refractivity contribution is 5.93. The first-order chi connectivity index (χ1) is 13.8. The van der Waals surface area contributed by atoms with E-state index >= 15 is 0 Å². The normalized spacial score (nSPS) is 32.1. The second-order valence-corrected chi connectivity index (χ2v) is 9.31. The largest absolute Gasteiger partial charge is 0.455 e. The molecule has 0 saturated heterocycles. The third kappa shape index (κ3) is 4.00. The molecule has 4 aliphatic carbocycles. The molecule has 4 saturated carbocycles. The van der Waals surface area contributed by atoms with Crippen LogP contribution >= 0.6 is 0 Å². The molecule has 5 rings (SSSR count). The van der Waals surface area contributed by atoms with E-state index < -0.39 is 11.0 Å². The summed E-state index contributed by atoms with van der Waals surface area (Å²) in [5, 5.41) is 13.6. The molecule has 4 bridgehead atoms. The van der Waals surface area contributed by atoms with Gasteiger partial charge in [-0.1, -0.05) is 0 Å². The quantitative estimate of drug-likeness (QED) is 0.686. The number of hydrogen-bond acceptors (Lipinski definition) is 5. The summed E-state index contributed by atoms with van der Waals surface area (Å²) in [6.07, 6.45) is 4.80. The van der Waals surface area contributed by atoms with Gasteiger partial charge in [-0.2, -0.15) is 0 Å². The van der Waals surface area contributed by atoms with Crippen molar-refractivity contribution in [2.45, 2.75) is 58.0 Å². The van der Waals surface area contributed by atoms with Crippen molar-refractivity contribution in [1.29, 1.82) is 0 Å². The summed E-state index contributed by atoms with van der Waals surface area (Å²) < 4.78 is 5.43. The van der Waals surface area contributed by atoms with Crippen molar-refractivity contribution in [3.8, 4) is 0 Å². The van der Waals surface area contributed by atoms with Crippen LogP contribution in [-0.2, 0) is 14.3 Å². The zero-order valence-electron chi connectivity index (χ0n) is 17.4. The Bertz CT molecular complexity index is 758. The number of aliphatic hydroxyl groups is 1. The van der Waals surface area contributed by atoms with Crippen molar-refractivity contribution in [3.05, 3.63) is 24.3 Å². The number of esters is 1. The lowest BCUT2D eigenvalue weighted by Gasteiger charge is -2.58. The minimum atomic E-state index is -0.710. The van der Waals surface area contributed by atoms with Gasteiger partial charge in [-0.15, -0.1) is 0 Å². The Morgan fingerprint density at radius 3 is 2.28 bits per heavy atom. The molecule has 1 aromatic rings. The van der Waals surface area contributed by atoms with E-state index in [0.29, 0.717) is 23.9 Å². The summed E-state index contributed by atoms with van der Waals surface area (Å²) in [7, 11) is 0. The Morgan fingerprint density at radius 1 is 1.10 bits per heavy atom. The Labute approximate surface area is 172 Å². The van der Waals surface area contributed by atoms with Crippen molar-refractivity contribution in [1.82, 2.24) is 0 Å². The molecule has 29 heavy (non-hydrogen) atoms. The van der Waals surface area contributed by atoms with Gasteiger partial charge in [0.15, 0.2) is 6.61 Å². The van der Waals surface area contributed by atoms with Gasteiger partial charge < -0.3 is 20.1 Å². The molecule has 158 valence electrons. The van der Waals surface area contributed by atoms with Crippen molar-refractivity contribution >= 4 is 23.3 Å². The van der Waals surface area contributed by atoms with E-state index in [1.807, 2.05) is 24.3 Å². The predicted molar refractivity (Wildman–Crippen MR) is 112 cm³/mol. The molecular formula is C23H32N2O4. The Kier molecular flexibility index (Phi) is 5.32. The standard InChI is InChI=1S/C23H32N2O4/c1-3-25(4-2)19-7-5-18(6-8-19)24-20(26)14-29-21(27)22-10-16-9-17(11-22)13-23(28,12-16)15-22/h5-8,16-17,28H,3-4,9-15H2,1-2H3,(H,24,26). The number of amides is 1. The van der Waals surface area contributed by atoms with Crippen LogP contribution in [0.4, 0.5) is 11.4 Å². The fourth-order valence-corrected chi connectivity index (χ4v) is 6.28. The van der Waals surface area contributed by atoms with E-state index in [-0.39, 0.29) is 18.5 Å². The summed E-state index contributed by atoms with van der Waals surface area (Å²) in [5.74, 6) is 0.174. The molecule has 2 N–H and O–H groups in total. The minimum absolute atomic E-state index is 0.286. The maximum absolute atomic E-state index is 12.9. The molecule has 2 unspecified atom stereocenters. The molecule has 1 aromatic carbocycles. The van der Waals surface area contributed by atoms with Crippen molar-refractivity contribution in [2.24, 2.45) is 17.3 Å². The molecule has 1 amide bonds. The summed E-state index contributed by atoms with van der Waals surface area (Å²) >= 11 is 0. The smallest absolute Gasteiger partial charge is 0.312 e. The van der Waals surface area contributed by atoms with E-state index in [1.54, 1.807) is 0 Å². The third-order valence-electron chi connectivity index (χ3n) is 7.08. The van der Waals surface area contributed by atoms with Gasteiger partial charge >= 0.3 is 5.97 Å². The molecule has 2 atom stereocenters. The highest BCUT2D eigenvalue weighted by Crippen LogP contribution is 2.61. The van der Waals surface area contributed by atoms with Gasteiger partial charge in [0.2, 0.25) is 0 Å². The number of nitrogens with one attached hydrogen (secondary N) is 1. The summed E-state index contributed by atoms with van der Waals surface area (Å²) in [5.41, 5.74) is 0.493. The van der Waals surface area contributed by atoms with E-state index in [1.165, 1.54) is 0 Å². The summed E-state index contributed by atoms with van der Waals surface area (Å²) in [6.45, 7) is 5.78. The Hall–Kier alpha value is -2.08. The van der Waals surface area contributed by atoms with Crippen molar-refractivity contribution in [2.75, 3.05) is 29.9 Å². The lowest BCUT2D eigenvalue weighted by Crippen LogP contribution is -2.58. The van der Waals surface area contributed by atoms with Gasteiger partial charge in [-0.05, 0) is 88.5 Å². The zero-order valence-corrected chi connectivity index (χ0v) is 17.4. The number of hydrogen-bond donors (Lipinski definition) is 2. The van der Waals surface area contributed by atoms with Crippen LogP contribution in [0.15, 0.2) is 24.3 Å². The van der Waals surface area contributed by atoms with Crippen LogP contribution in [0.5, 0.6) is 0 Å². The van der Waals surface area contributed by atoms with Gasteiger partial charge in [-0.3, -0.25) is 9.59 Å². The summed E-state index contributed by atoms with van der Waals surface area (Å²) in [4.78, 5) is 27.4. The topological polar surface area (TPSA) is 78.9 Å². The summed E-state index contributed by atoms with van der Waals surface area (Å²) in [6, 6.07) is 7.68. The van der Waals surface area contributed by atoms with Gasteiger partial charge in [0, 0.05) is 24.5 Å². The maximum atomic E-state index is 12.9. The number of anilines is 2. The molecule has 0 spiro atoms. The highest BCUT2D eigenvalue weighted by Gasteiger charge is 2.60. The predicted octanol–water partition coefficient (Wildman–Crippen LogP) is 3.35. The van der Waals surface area contributed by atoms with Crippen molar-refractivity contribution < 1.29 is 19.4 Å². The molecule has 4 aliphatic rings. The van der Waals surface area contributed by atoms with Gasteiger partial charge in [0.05, 0.1) is 11.0 Å². The average Bonchev–Trinajstić information content (AvgIpc) is 2.66. The molecule has 6 heteroatoms. The van der Waals surface area contributed by atoms with E-state index in [0.717, 1.165) is 50.9 Å².